The maximum Gasteiger partial charge on any atom is 0.132 e. The van der Waals surface area contributed by atoms with Gasteiger partial charge in [-0.25, -0.2) is 0 Å². The number of rotatable bonds is 3. The predicted molar refractivity (Wildman–Crippen MR) is 89.3 cm³/mol. The number of aromatic nitrogens is 1. The second-order valence-electron chi connectivity index (χ2n) is 4.93. The number of fused-ring (bicyclic) bond motifs is 1. The van der Waals surface area contributed by atoms with Gasteiger partial charge in [0.2, 0.25) is 0 Å². The zero-order chi connectivity index (χ0) is 15.0. The molecule has 108 valence electrons. The number of methoxy groups -OCH3 is 2. The quantitative estimate of drug-likeness (QED) is 0.730. The highest BCUT2D eigenvalue weighted by molar-refractivity contribution is 9.10. The SMILES string of the molecule is COc1cc(OC)c2c(-c3ccc(C)cc3)c(Br)[nH]c2c1. The first-order chi connectivity index (χ1) is 10.1. The fourth-order valence-electron chi connectivity index (χ4n) is 2.51. The first-order valence-electron chi connectivity index (χ1n) is 6.64. The summed E-state index contributed by atoms with van der Waals surface area (Å²) in [6, 6.07) is 12.3. The zero-order valence-corrected chi connectivity index (χ0v) is 13.7. The van der Waals surface area contributed by atoms with Crippen LogP contribution >= 0.6 is 15.9 Å². The van der Waals surface area contributed by atoms with Crippen LogP contribution in [0.15, 0.2) is 41.0 Å². The van der Waals surface area contributed by atoms with Gasteiger partial charge in [-0.05, 0) is 28.4 Å². The highest BCUT2D eigenvalue weighted by atomic mass is 79.9. The molecular formula is C17H16BrNO2. The van der Waals surface area contributed by atoms with E-state index in [0.717, 1.165) is 38.1 Å². The number of hydrogen-bond donors (Lipinski definition) is 1. The normalized spacial score (nSPS) is 10.9. The summed E-state index contributed by atoms with van der Waals surface area (Å²) < 4.78 is 11.8. The van der Waals surface area contributed by atoms with Gasteiger partial charge in [0.1, 0.15) is 11.5 Å². The topological polar surface area (TPSA) is 34.2 Å². The molecule has 0 saturated heterocycles. The number of ether oxygens (including phenoxy) is 2. The number of aryl methyl sites for hydroxylation is 1. The summed E-state index contributed by atoms with van der Waals surface area (Å²) >= 11 is 3.62. The molecule has 1 N–H and O–H groups in total. The van der Waals surface area contributed by atoms with E-state index in [-0.39, 0.29) is 0 Å². The molecule has 0 aliphatic rings. The van der Waals surface area contributed by atoms with Crippen molar-refractivity contribution in [2.45, 2.75) is 6.92 Å². The van der Waals surface area contributed by atoms with Crippen molar-refractivity contribution in [2.24, 2.45) is 0 Å². The molecule has 0 saturated carbocycles. The number of H-pyrrole nitrogens is 1. The van der Waals surface area contributed by atoms with Crippen LogP contribution in [0.1, 0.15) is 5.56 Å². The molecule has 0 aliphatic heterocycles. The van der Waals surface area contributed by atoms with Crippen molar-refractivity contribution in [3.63, 3.8) is 0 Å². The van der Waals surface area contributed by atoms with Gasteiger partial charge in [-0.3, -0.25) is 0 Å². The first kappa shape index (κ1) is 14.0. The number of halogens is 1. The van der Waals surface area contributed by atoms with Crippen LogP contribution in [0.5, 0.6) is 11.5 Å². The van der Waals surface area contributed by atoms with Crippen LogP contribution in [0.2, 0.25) is 0 Å². The fraction of sp³-hybridized carbons (Fsp3) is 0.176. The molecule has 0 bridgehead atoms. The standard InChI is InChI=1S/C17H16BrNO2/c1-10-4-6-11(7-5-10)15-16-13(19-17(15)18)8-12(20-2)9-14(16)21-3/h4-9,19H,1-3H3. The third-order valence-corrected chi connectivity index (χ3v) is 4.18. The van der Waals surface area contributed by atoms with Gasteiger partial charge in [-0.15, -0.1) is 0 Å². The molecule has 0 radical (unpaired) electrons. The number of hydrogen-bond acceptors (Lipinski definition) is 2. The molecular weight excluding hydrogens is 330 g/mol. The van der Waals surface area contributed by atoms with E-state index in [1.807, 2.05) is 12.1 Å². The Balaban J connectivity index is 2.32. The van der Waals surface area contributed by atoms with Crippen LogP contribution < -0.4 is 9.47 Å². The van der Waals surface area contributed by atoms with Crippen molar-refractivity contribution in [2.75, 3.05) is 14.2 Å². The van der Waals surface area contributed by atoms with Crippen LogP contribution in [0.25, 0.3) is 22.0 Å². The van der Waals surface area contributed by atoms with Gasteiger partial charge in [-0.2, -0.15) is 0 Å². The summed E-state index contributed by atoms with van der Waals surface area (Å²) in [5, 5.41) is 1.05. The van der Waals surface area contributed by atoms with Crippen molar-refractivity contribution >= 4 is 26.8 Å². The van der Waals surface area contributed by atoms with Crippen molar-refractivity contribution in [3.05, 3.63) is 46.6 Å². The van der Waals surface area contributed by atoms with E-state index in [0.29, 0.717) is 0 Å². The fourth-order valence-corrected chi connectivity index (χ4v) is 3.15. The van der Waals surface area contributed by atoms with E-state index in [9.17, 15) is 0 Å². The molecule has 2 aromatic carbocycles. The van der Waals surface area contributed by atoms with Gasteiger partial charge < -0.3 is 14.5 Å². The molecule has 1 heterocycles. The lowest BCUT2D eigenvalue weighted by molar-refractivity contribution is 0.398. The molecule has 0 spiro atoms. The summed E-state index contributed by atoms with van der Waals surface area (Å²) in [5.41, 5.74) is 4.46. The van der Waals surface area contributed by atoms with E-state index >= 15 is 0 Å². The number of aromatic amines is 1. The number of benzene rings is 2. The van der Waals surface area contributed by atoms with E-state index in [1.54, 1.807) is 14.2 Å². The van der Waals surface area contributed by atoms with Crippen molar-refractivity contribution in [1.82, 2.24) is 4.98 Å². The average molecular weight is 346 g/mol. The molecule has 3 nitrogen and oxygen atoms in total. The van der Waals surface area contributed by atoms with E-state index < -0.39 is 0 Å². The number of nitrogens with one attached hydrogen (secondary N) is 1. The second kappa shape index (κ2) is 5.45. The van der Waals surface area contributed by atoms with Gasteiger partial charge in [0.15, 0.2) is 0 Å². The molecule has 21 heavy (non-hydrogen) atoms. The molecule has 0 fully saturated rings. The lowest BCUT2D eigenvalue weighted by Crippen LogP contribution is -1.88. The molecule has 1 aromatic heterocycles. The Bertz CT molecular complexity index is 791. The van der Waals surface area contributed by atoms with E-state index in [1.165, 1.54) is 5.56 Å². The Morgan fingerprint density at radius 3 is 2.33 bits per heavy atom. The molecule has 0 amide bonds. The molecule has 0 atom stereocenters. The largest absolute Gasteiger partial charge is 0.497 e. The third kappa shape index (κ3) is 2.40. The van der Waals surface area contributed by atoms with Gasteiger partial charge in [0, 0.05) is 17.7 Å². The summed E-state index contributed by atoms with van der Waals surface area (Å²) in [7, 11) is 3.33. The van der Waals surface area contributed by atoms with Gasteiger partial charge in [-0.1, -0.05) is 29.8 Å². The maximum absolute atomic E-state index is 5.55. The third-order valence-electron chi connectivity index (χ3n) is 3.59. The van der Waals surface area contributed by atoms with Crippen LogP contribution in [0.3, 0.4) is 0 Å². The van der Waals surface area contributed by atoms with Crippen LogP contribution in [-0.4, -0.2) is 19.2 Å². The smallest absolute Gasteiger partial charge is 0.132 e. The van der Waals surface area contributed by atoms with Gasteiger partial charge in [0.05, 0.1) is 29.7 Å². The Kier molecular flexibility index (Phi) is 3.64. The van der Waals surface area contributed by atoms with Crippen molar-refractivity contribution in [3.8, 4) is 22.6 Å². The van der Waals surface area contributed by atoms with Crippen molar-refractivity contribution < 1.29 is 9.47 Å². The highest BCUT2D eigenvalue weighted by Crippen LogP contribution is 2.42. The average Bonchev–Trinajstić information content (AvgIpc) is 2.83. The summed E-state index contributed by atoms with van der Waals surface area (Å²) in [6.45, 7) is 2.08. The lowest BCUT2D eigenvalue weighted by atomic mass is 10.0. The zero-order valence-electron chi connectivity index (χ0n) is 12.2. The Hall–Kier alpha value is -1.94. The molecule has 0 aliphatic carbocycles. The van der Waals surface area contributed by atoms with Gasteiger partial charge in [0.25, 0.3) is 0 Å². The molecule has 0 unspecified atom stereocenters. The Labute approximate surface area is 132 Å². The summed E-state index contributed by atoms with van der Waals surface area (Å²) in [5.74, 6) is 1.56. The predicted octanol–water partition coefficient (Wildman–Crippen LogP) is 4.92. The summed E-state index contributed by atoms with van der Waals surface area (Å²) in [4.78, 5) is 3.35. The van der Waals surface area contributed by atoms with Crippen LogP contribution in [0.4, 0.5) is 0 Å². The minimum Gasteiger partial charge on any atom is -0.497 e. The van der Waals surface area contributed by atoms with Crippen LogP contribution in [-0.2, 0) is 0 Å². The second-order valence-corrected chi connectivity index (χ2v) is 5.73. The van der Waals surface area contributed by atoms with Crippen molar-refractivity contribution in [1.29, 1.82) is 0 Å². The summed E-state index contributed by atoms with van der Waals surface area (Å²) in [6.07, 6.45) is 0. The minimum absolute atomic E-state index is 0.767. The first-order valence-corrected chi connectivity index (χ1v) is 7.43. The molecule has 3 rings (SSSR count). The van der Waals surface area contributed by atoms with Gasteiger partial charge >= 0.3 is 0 Å². The molecule has 4 heteroatoms. The monoisotopic (exact) mass is 345 g/mol. The molecule has 3 aromatic rings. The Morgan fingerprint density at radius 2 is 1.71 bits per heavy atom. The lowest BCUT2D eigenvalue weighted by Gasteiger charge is -2.08. The maximum atomic E-state index is 5.55. The highest BCUT2D eigenvalue weighted by Gasteiger charge is 2.17. The van der Waals surface area contributed by atoms with Crippen LogP contribution in [0, 0.1) is 6.92 Å². The van der Waals surface area contributed by atoms with E-state index in [2.05, 4.69) is 52.1 Å². The minimum atomic E-state index is 0.767. The van der Waals surface area contributed by atoms with E-state index in [4.69, 9.17) is 9.47 Å². The Morgan fingerprint density at radius 1 is 1.00 bits per heavy atom.